The molecule has 0 spiro atoms. The number of carboxylic acid groups (broad SMARTS) is 1. The molecule has 4 heteroatoms. The first kappa shape index (κ1) is 10.7. The monoisotopic (exact) mass is 195 g/mol. The van der Waals surface area contributed by atoms with E-state index in [4.69, 9.17) is 5.11 Å². The molecule has 1 atom stereocenters. The first-order valence-corrected chi connectivity index (χ1v) is 4.49. The van der Waals surface area contributed by atoms with Crippen molar-refractivity contribution < 1.29 is 15.0 Å². The maximum absolute atomic E-state index is 10.5. The van der Waals surface area contributed by atoms with Crippen molar-refractivity contribution in [2.24, 2.45) is 0 Å². The lowest BCUT2D eigenvalue weighted by Crippen LogP contribution is -2.09. The Morgan fingerprint density at radius 1 is 1.57 bits per heavy atom. The van der Waals surface area contributed by atoms with Crippen molar-refractivity contribution >= 4 is 5.97 Å². The summed E-state index contributed by atoms with van der Waals surface area (Å²) < 4.78 is 0. The fourth-order valence-corrected chi connectivity index (χ4v) is 1.09. The van der Waals surface area contributed by atoms with E-state index in [2.05, 4.69) is 4.98 Å². The average Bonchev–Trinajstić information content (AvgIpc) is 2.18. The van der Waals surface area contributed by atoms with E-state index in [0.29, 0.717) is 12.8 Å². The predicted octanol–water partition coefficient (Wildman–Crippen LogP) is 1.09. The van der Waals surface area contributed by atoms with Gasteiger partial charge in [-0.15, -0.1) is 0 Å². The summed E-state index contributed by atoms with van der Waals surface area (Å²) in [6, 6.07) is 3.12. The van der Waals surface area contributed by atoms with Gasteiger partial charge in [0.2, 0.25) is 0 Å². The Bertz CT molecular complexity index is 308. The molecule has 1 aromatic rings. The SMILES string of the molecule is CCC(O)Cc1ccc(C(=O)O)nc1. The second-order valence-electron chi connectivity index (χ2n) is 3.12. The number of pyridine rings is 1. The molecule has 0 bridgehead atoms. The predicted molar refractivity (Wildman–Crippen MR) is 51.2 cm³/mol. The van der Waals surface area contributed by atoms with Crippen molar-refractivity contribution in [1.82, 2.24) is 4.98 Å². The van der Waals surface area contributed by atoms with E-state index >= 15 is 0 Å². The molecule has 2 N–H and O–H groups in total. The molecule has 0 aliphatic rings. The summed E-state index contributed by atoms with van der Waals surface area (Å²) in [5.41, 5.74) is 0.879. The van der Waals surface area contributed by atoms with Crippen LogP contribution in [0.15, 0.2) is 18.3 Å². The van der Waals surface area contributed by atoms with Gasteiger partial charge in [0.1, 0.15) is 5.69 Å². The number of aromatic nitrogens is 1. The van der Waals surface area contributed by atoms with Gasteiger partial charge in [-0.2, -0.15) is 0 Å². The van der Waals surface area contributed by atoms with Crippen LogP contribution in [0.4, 0.5) is 0 Å². The van der Waals surface area contributed by atoms with Crippen molar-refractivity contribution in [2.75, 3.05) is 0 Å². The summed E-state index contributed by atoms with van der Waals surface area (Å²) in [5, 5.41) is 17.9. The van der Waals surface area contributed by atoms with Gasteiger partial charge in [0.25, 0.3) is 0 Å². The van der Waals surface area contributed by atoms with Crippen LogP contribution < -0.4 is 0 Å². The molecule has 14 heavy (non-hydrogen) atoms. The zero-order chi connectivity index (χ0) is 10.6. The summed E-state index contributed by atoms with van der Waals surface area (Å²) in [4.78, 5) is 14.2. The van der Waals surface area contributed by atoms with Gasteiger partial charge in [-0.05, 0) is 24.5 Å². The van der Waals surface area contributed by atoms with Crippen LogP contribution in [0.5, 0.6) is 0 Å². The van der Waals surface area contributed by atoms with E-state index in [9.17, 15) is 9.90 Å². The number of hydrogen-bond donors (Lipinski definition) is 2. The van der Waals surface area contributed by atoms with Crippen LogP contribution in [-0.2, 0) is 6.42 Å². The lowest BCUT2D eigenvalue weighted by Gasteiger charge is -2.06. The number of aromatic carboxylic acids is 1. The Morgan fingerprint density at radius 3 is 2.71 bits per heavy atom. The molecule has 0 aliphatic heterocycles. The third-order valence-electron chi connectivity index (χ3n) is 1.99. The maximum Gasteiger partial charge on any atom is 0.354 e. The van der Waals surface area contributed by atoms with Crippen molar-refractivity contribution in [1.29, 1.82) is 0 Å². The third-order valence-corrected chi connectivity index (χ3v) is 1.99. The van der Waals surface area contributed by atoms with Crippen LogP contribution in [0.3, 0.4) is 0 Å². The molecule has 1 rings (SSSR count). The third kappa shape index (κ3) is 2.81. The minimum atomic E-state index is -1.03. The molecule has 4 nitrogen and oxygen atoms in total. The second kappa shape index (κ2) is 4.72. The van der Waals surface area contributed by atoms with Gasteiger partial charge in [-0.25, -0.2) is 9.78 Å². The van der Waals surface area contributed by atoms with Gasteiger partial charge < -0.3 is 10.2 Å². The van der Waals surface area contributed by atoms with Crippen molar-refractivity contribution in [2.45, 2.75) is 25.9 Å². The van der Waals surface area contributed by atoms with Gasteiger partial charge in [-0.1, -0.05) is 13.0 Å². The summed E-state index contributed by atoms with van der Waals surface area (Å²) in [7, 11) is 0. The quantitative estimate of drug-likeness (QED) is 0.754. The van der Waals surface area contributed by atoms with Crippen LogP contribution in [0.25, 0.3) is 0 Å². The van der Waals surface area contributed by atoms with Crippen molar-refractivity contribution in [3.8, 4) is 0 Å². The normalized spacial score (nSPS) is 12.4. The number of carbonyl (C=O) groups is 1. The van der Waals surface area contributed by atoms with Gasteiger partial charge >= 0.3 is 5.97 Å². The van der Waals surface area contributed by atoms with Crippen LogP contribution in [-0.4, -0.2) is 27.3 Å². The molecule has 1 heterocycles. The maximum atomic E-state index is 10.5. The summed E-state index contributed by atoms with van der Waals surface area (Å²) in [6.07, 6.45) is 2.30. The Morgan fingerprint density at radius 2 is 2.29 bits per heavy atom. The largest absolute Gasteiger partial charge is 0.477 e. The molecule has 0 aromatic carbocycles. The highest BCUT2D eigenvalue weighted by atomic mass is 16.4. The minimum absolute atomic E-state index is 0.0275. The first-order chi connectivity index (χ1) is 6.63. The Balaban J connectivity index is 2.68. The number of hydrogen-bond acceptors (Lipinski definition) is 3. The molecule has 0 saturated carbocycles. The van der Waals surface area contributed by atoms with Gasteiger partial charge in [0.05, 0.1) is 6.10 Å². The van der Waals surface area contributed by atoms with Crippen molar-refractivity contribution in [3.05, 3.63) is 29.6 Å². The molecule has 1 unspecified atom stereocenters. The lowest BCUT2D eigenvalue weighted by atomic mass is 10.1. The van der Waals surface area contributed by atoms with Gasteiger partial charge in [0, 0.05) is 6.20 Å². The Kier molecular flexibility index (Phi) is 3.59. The first-order valence-electron chi connectivity index (χ1n) is 4.49. The zero-order valence-electron chi connectivity index (χ0n) is 7.97. The number of rotatable bonds is 4. The summed E-state index contributed by atoms with van der Waals surface area (Å²) in [5.74, 6) is -1.03. The van der Waals surface area contributed by atoms with Gasteiger partial charge in [0.15, 0.2) is 0 Å². The Labute approximate surface area is 82.2 Å². The average molecular weight is 195 g/mol. The van der Waals surface area contributed by atoms with Crippen LogP contribution in [0.1, 0.15) is 29.4 Å². The molecule has 0 aliphatic carbocycles. The Hall–Kier alpha value is -1.42. The fraction of sp³-hybridized carbons (Fsp3) is 0.400. The van der Waals surface area contributed by atoms with Crippen LogP contribution in [0.2, 0.25) is 0 Å². The van der Waals surface area contributed by atoms with E-state index in [1.54, 1.807) is 6.07 Å². The number of aliphatic hydroxyl groups is 1. The van der Waals surface area contributed by atoms with Crippen molar-refractivity contribution in [3.63, 3.8) is 0 Å². The standard InChI is InChI=1S/C10H13NO3/c1-2-8(12)5-7-3-4-9(10(13)14)11-6-7/h3-4,6,8,12H,2,5H2,1H3,(H,13,14). The highest BCUT2D eigenvalue weighted by molar-refractivity contribution is 5.85. The molecular weight excluding hydrogens is 182 g/mol. The van der Waals surface area contributed by atoms with E-state index in [0.717, 1.165) is 5.56 Å². The fourth-order valence-electron chi connectivity index (χ4n) is 1.09. The summed E-state index contributed by atoms with van der Waals surface area (Å²) >= 11 is 0. The van der Waals surface area contributed by atoms with E-state index in [1.165, 1.54) is 12.3 Å². The topological polar surface area (TPSA) is 70.4 Å². The number of carboxylic acids is 1. The summed E-state index contributed by atoms with van der Waals surface area (Å²) in [6.45, 7) is 1.89. The highest BCUT2D eigenvalue weighted by Gasteiger charge is 2.06. The van der Waals surface area contributed by atoms with Crippen LogP contribution in [0, 0.1) is 0 Å². The smallest absolute Gasteiger partial charge is 0.354 e. The molecule has 0 radical (unpaired) electrons. The number of aliphatic hydroxyl groups excluding tert-OH is 1. The van der Waals surface area contributed by atoms with E-state index in [1.807, 2.05) is 6.92 Å². The molecule has 76 valence electrons. The van der Waals surface area contributed by atoms with E-state index < -0.39 is 5.97 Å². The van der Waals surface area contributed by atoms with E-state index in [-0.39, 0.29) is 11.8 Å². The minimum Gasteiger partial charge on any atom is -0.477 e. The number of nitrogens with zero attached hydrogens (tertiary/aromatic N) is 1. The van der Waals surface area contributed by atoms with Gasteiger partial charge in [-0.3, -0.25) is 0 Å². The van der Waals surface area contributed by atoms with Crippen LogP contribution >= 0.6 is 0 Å². The zero-order valence-corrected chi connectivity index (χ0v) is 7.97. The molecule has 0 fully saturated rings. The molecule has 0 saturated heterocycles. The highest BCUT2D eigenvalue weighted by Crippen LogP contribution is 2.05. The molecule has 0 amide bonds. The lowest BCUT2D eigenvalue weighted by molar-refractivity contribution is 0.0690. The molecular formula is C10H13NO3. The molecule has 1 aromatic heterocycles. The second-order valence-corrected chi connectivity index (χ2v) is 3.12.